The SMILES string of the molecule is COc1ccc(OC)c(-c2nnc(SCC(=O)N3CCCCCC3)o2)c1. The van der Waals surface area contributed by atoms with E-state index in [1.807, 2.05) is 4.90 Å². The number of amides is 1. The van der Waals surface area contributed by atoms with Gasteiger partial charge >= 0.3 is 0 Å². The molecular formula is C18H23N3O4S. The van der Waals surface area contributed by atoms with Gasteiger partial charge in [-0.25, -0.2) is 0 Å². The number of aromatic nitrogens is 2. The Hall–Kier alpha value is -2.22. The largest absolute Gasteiger partial charge is 0.497 e. The summed E-state index contributed by atoms with van der Waals surface area (Å²) >= 11 is 1.26. The van der Waals surface area contributed by atoms with Crippen molar-refractivity contribution in [3.8, 4) is 23.0 Å². The molecule has 2 aromatic rings. The summed E-state index contributed by atoms with van der Waals surface area (Å²) in [6, 6.07) is 5.37. The van der Waals surface area contributed by atoms with E-state index >= 15 is 0 Å². The zero-order valence-corrected chi connectivity index (χ0v) is 15.9. The highest BCUT2D eigenvalue weighted by atomic mass is 32.2. The summed E-state index contributed by atoms with van der Waals surface area (Å²) in [5.74, 6) is 2.05. The zero-order chi connectivity index (χ0) is 18.4. The first-order chi connectivity index (χ1) is 12.7. The molecule has 1 aromatic carbocycles. The standard InChI is InChI=1S/C18H23N3O4S/c1-23-13-7-8-15(24-2)14(11-13)17-19-20-18(25-17)26-12-16(22)21-9-5-3-4-6-10-21/h7-8,11H,3-6,9-10,12H2,1-2H3. The zero-order valence-electron chi connectivity index (χ0n) is 15.1. The van der Waals surface area contributed by atoms with Gasteiger partial charge in [-0.3, -0.25) is 4.79 Å². The Labute approximate surface area is 157 Å². The highest BCUT2D eigenvalue weighted by Gasteiger charge is 2.19. The van der Waals surface area contributed by atoms with Crippen LogP contribution in [0.1, 0.15) is 25.7 Å². The molecule has 0 radical (unpaired) electrons. The molecule has 0 unspecified atom stereocenters. The monoisotopic (exact) mass is 377 g/mol. The summed E-state index contributed by atoms with van der Waals surface area (Å²) in [5.41, 5.74) is 0.657. The minimum absolute atomic E-state index is 0.121. The van der Waals surface area contributed by atoms with E-state index in [9.17, 15) is 4.79 Å². The third kappa shape index (κ3) is 4.49. The lowest BCUT2D eigenvalue weighted by molar-refractivity contribution is -0.128. The molecule has 26 heavy (non-hydrogen) atoms. The molecule has 1 aliphatic heterocycles. The number of carbonyl (C=O) groups excluding carboxylic acids is 1. The fourth-order valence-corrected chi connectivity index (χ4v) is 3.56. The van der Waals surface area contributed by atoms with Gasteiger partial charge in [-0.2, -0.15) is 0 Å². The maximum Gasteiger partial charge on any atom is 0.277 e. The van der Waals surface area contributed by atoms with Crippen LogP contribution in [0.25, 0.3) is 11.5 Å². The Morgan fingerprint density at radius 1 is 1.15 bits per heavy atom. The second-order valence-electron chi connectivity index (χ2n) is 6.02. The van der Waals surface area contributed by atoms with Crippen molar-refractivity contribution in [1.82, 2.24) is 15.1 Å². The van der Waals surface area contributed by atoms with E-state index in [1.54, 1.807) is 32.4 Å². The van der Waals surface area contributed by atoms with E-state index in [1.165, 1.54) is 24.6 Å². The lowest BCUT2D eigenvalue weighted by atomic mass is 10.2. The molecular weight excluding hydrogens is 354 g/mol. The number of ether oxygens (including phenoxy) is 2. The maximum atomic E-state index is 12.4. The summed E-state index contributed by atoms with van der Waals surface area (Å²) in [6.07, 6.45) is 4.56. The number of carbonyl (C=O) groups is 1. The number of nitrogens with zero attached hydrogens (tertiary/aromatic N) is 3. The molecule has 140 valence electrons. The Morgan fingerprint density at radius 2 is 1.92 bits per heavy atom. The van der Waals surface area contributed by atoms with Crippen molar-refractivity contribution in [2.24, 2.45) is 0 Å². The van der Waals surface area contributed by atoms with Crippen LogP contribution < -0.4 is 9.47 Å². The Kier molecular flexibility index (Phi) is 6.38. The Balaban J connectivity index is 1.65. The lowest BCUT2D eigenvalue weighted by Gasteiger charge is -2.19. The fourth-order valence-electron chi connectivity index (χ4n) is 2.89. The molecule has 1 aliphatic rings. The van der Waals surface area contributed by atoms with Gasteiger partial charge < -0.3 is 18.8 Å². The average molecular weight is 377 g/mol. The predicted molar refractivity (Wildman–Crippen MR) is 98.6 cm³/mol. The van der Waals surface area contributed by atoms with Gasteiger partial charge in [0.25, 0.3) is 11.1 Å². The van der Waals surface area contributed by atoms with Crippen molar-refractivity contribution in [1.29, 1.82) is 0 Å². The molecule has 0 bridgehead atoms. The summed E-state index contributed by atoms with van der Waals surface area (Å²) in [5, 5.41) is 8.48. The van der Waals surface area contributed by atoms with Gasteiger partial charge in [-0.15, -0.1) is 10.2 Å². The number of methoxy groups -OCH3 is 2. The minimum Gasteiger partial charge on any atom is -0.497 e. The molecule has 1 aromatic heterocycles. The Morgan fingerprint density at radius 3 is 2.62 bits per heavy atom. The molecule has 0 aliphatic carbocycles. The Bertz CT molecular complexity index is 742. The van der Waals surface area contributed by atoms with Crippen molar-refractivity contribution in [2.75, 3.05) is 33.1 Å². The number of benzene rings is 1. The van der Waals surface area contributed by atoms with Gasteiger partial charge in [0, 0.05) is 13.1 Å². The van der Waals surface area contributed by atoms with Crippen LogP contribution >= 0.6 is 11.8 Å². The quantitative estimate of drug-likeness (QED) is 0.715. The molecule has 3 rings (SSSR count). The lowest BCUT2D eigenvalue weighted by Crippen LogP contribution is -2.33. The van der Waals surface area contributed by atoms with Crippen molar-refractivity contribution in [3.05, 3.63) is 18.2 Å². The van der Waals surface area contributed by atoms with Gasteiger partial charge in [0.1, 0.15) is 11.5 Å². The van der Waals surface area contributed by atoms with Gasteiger partial charge in [0.05, 0.1) is 25.5 Å². The predicted octanol–water partition coefficient (Wildman–Crippen LogP) is 3.25. The number of thioether (sulfide) groups is 1. The van der Waals surface area contributed by atoms with Gasteiger partial charge in [0.2, 0.25) is 5.91 Å². The molecule has 8 heteroatoms. The highest BCUT2D eigenvalue weighted by Crippen LogP contribution is 2.33. The van der Waals surface area contributed by atoms with E-state index in [0.29, 0.717) is 33.9 Å². The molecule has 0 N–H and O–H groups in total. The van der Waals surface area contributed by atoms with Gasteiger partial charge in [-0.05, 0) is 31.0 Å². The van der Waals surface area contributed by atoms with Crippen LogP contribution in [-0.4, -0.2) is 54.1 Å². The number of likely N-dealkylation sites (tertiary alicyclic amines) is 1. The van der Waals surface area contributed by atoms with Crippen LogP contribution in [0.3, 0.4) is 0 Å². The summed E-state index contributed by atoms with van der Waals surface area (Å²) in [4.78, 5) is 14.3. The fraction of sp³-hybridized carbons (Fsp3) is 0.500. The van der Waals surface area contributed by atoms with Crippen LogP contribution in [0, 0.1) is 0 Å². The number of rotatable bonds is 6. The van der Waals surface area contributed by atoms with Gasteiger partial charge in [0.15, 0.2) is 0 Å². The molecule has 0 spiro atoms. The second kappa shape index (κ2) is 8.93. The van der Waals surface area contributed by atoms with E-state index in [2.05, 4.69) is 10.2 Å². The number of hydrogen-bond donors (Lipinski definition) is 0. The third-order valence-electron chi connectivity index (χ3n) is 4.32. The first kappa shape index (κ1) is 18.6. The van der Waals surface area contributed by atoms with E-state index in [4.69, 9.17) is 13.9 Å². The van der Waals surface area contributed by atoms with Crippen LogP contribution in [0.2, 0.25) is 0 Å². The van der Waals surface area contributed by atoms with Crippen LogP contribution in [0.5, 0.6) is 11.5 Å². The molecule has 1 fully saturated rings. The minimum atomic E-state index is 0.121. The van der Waals surface area contributed by atoms with Crippen LogP contribution in [0.15, 0.2) is 27.8 Å². The summed E-state index contributed by atoms with van der Waals surface area (Å²) < 4.78 is 16.3. The van der Waals surface area contributed by atoms with E-state index in [0.717, 1.165) is 25.9 Å². The maximum absolute atomic E-state index is 12.4. The second-order valence-corrected chi connectivity index (χ2v) is 6.95. The molecule has 1 saturated heterocycles. The van der Waals surface area contributed by atoms with Crippen molar-refractivity contribution in [2.45, 2.75) is 30.9 Å². The molecule has 0 atom stereocenters. The normalized spacial score (nSPS) is 14.8. The molecule has 2 heterocycles. The summed E-state index contributed by atoms with van der Waals surface area (Å²) in [7, 11) is 3.17. The first-order valence-electron chi connectivity index (χ1n) is 8.67. The van der Waals surface area contributed by atoms with Crippen molar-refractivity contribution in [3.63, 3.8) is 0 Å². The van der Waals surface area contributed by atoms with Crippen molar-refractivity contribution >= 4 is 17.7 Å². The van der Waals surface area contributed by atoms with E-state index in [-0.39, 0.29) is 5.91 Å². The molecule has 7 nitrogen and oxygen atoms in total. The van der Waals surface area contributed by atoms with Crippen LogP contribution in [-0.2, 0) is 4.79 Å². The molecule has 1 amide bonds. The molecule has 0 saturated carbocycles. The van der Waals surface area contributed by atoms with Crippen LogP contribution in [0.4, 0.5) is 0 Å². The van der Waals surface area contributed by atoms with Crippen molar-refractivity contribution < 1.29 is 18.7 Å². The third-order valence-corrected chi connectivity index (χ3v) is 5.12. The average Bonchev–Trinajstić information content (AvgIpc) is 2.98. The highest BCUT2D eigenvalue weighted by molar-refractivity contribution is 7.99. The van der Waals surface area contributed by atoms with Gasteiger partial charge in [-0.1, -0.05) is 24.6 Å². The smallest absolute Gasteiger partial charge is 0.277 e. The first-order valence-corrected chi connectivity index (χ1v) is 9.66. The van der Waals surface area contributed by atoms with E-state index < -0.39 is 0 Å². The summed E-state index contributed by atoms with van der Waals surface area (Å²) in [6.45, 7) is 1.69. The topological polar surface area (TPSA) is 77.7 Å². The number of hydrogen-bond acceptors (Lipinski definition) is 7.